The predicted molar refractivity (Wildman–Crippen MR) is 50.6 cm³/mol. The number of aromatic nitrogens is 1. The Bertz CT molecular complexity index is 433. The van der Waals surface area contributed by atoms with E-state index in [1.165, 1.54) is 6.20 Å². The standard InChI is InChI=1S/C9H7BrFN/c1-12-5-8(11)7-4-6(10)2-3-9(7)12/h2-5H,1H3. The third-order valence-corrected chi connectivity index (χ3v) is 2.40. The fraction of sp³-hybridized carbons (Fsp3) is 0.111. The smallest absolute Gasteiger partial charge is 0.148 e. The van der Waals surface area contributed by atoms with Crippen LogP contribution in [0.1, 0.15) is 0 Å². The second-order valence-electron chi connectivity index (χ2n) is 2.75. The summed E-state index contributed by atoms with van der Waals surface area (Å²) in [5.74, 6) is -0.172. The van der Waals surface area contributed by atoms with E-state index >= 15 is 0 Å². The number of benzene rings is 1. The third-order valence-electron chi connectivity index (χ3n) is 1.90. The van der Waals surface area contributed by atoms with Gasteiger partial charge >= 0.3 is 0 Å². The van der Waals surface area contributed by atoms with Crippen LogP contribution >= 0.6 is 15.9 Å². The van der Waals surface area contributed by atoms with Gasteiger partial charge in [-0.05, 0) is 18.2 Å². The molecule has 12 heavy (non-hydrogen) atoms. The first kappa shape index (κ1) is 7.80. The van der Waals surface area contributed by atoms with Gasteiger partial charge in [0.25, 0.3) is 0 Å². The number of aryl methyl sites for hydroxylation is 1. The fourth-order valence-electron chi connectivity index (χ4n) is 1.32. The Kier molecular flexibility index (Phi) is 1.68. The Morgan fingerprint density at radius 1 is 1.42 bits per heavy atom. The highest BCUT2D eigenvalue weighted by molar-refractivity contribution is 9.10. The number of rotatable bonds is 0. The van der Waals surface area contributed by atoms with Crippen LogP contribution in [0.5, 0.6) is 0 Å². The molecule has 3 heteroatoms. The molecule has 0 N–H and O–H groups in total. The summed E-state index contributed by atoms with van der Waals surface area (Å²) in [6, 6.07) is 5.58. The maximum Gasteiger partial charge on any atom is 0.148 e. The summed E-state index contributed by atoms with van der Waals surface area (Å²) >= 11 is 3.30. The molecule has 0 bridgehead atoms. The van der Waals surface area contributed by atoms with Crippen LogP contribution in [0, 0.1) is 5.82 Å². The first-order chi connectivity index (χ1) is 5.68. The number of hydrogen-bond acceptors (Lipinski definition) is 0. The molecule has 2 aromatic rings. The minimum absolute atomic E-state index is 0.172. The van der Waals surface area contributed by atoms with Crippen molar-refractivity contribution in [1.29, 1.82) is 0 Å². The largest absolute Gasteiger partial charge is 0.348 e. The zero-order valence-corrected chi connectivity index (χ0v) is 8.10. The number of fused-ring (bicyclic) bond motifs is 1. The predicted octanol–water partition coefficient (Wildman–Crippen LogP) is 3.08. The van der Waals surface area contributed by atoms with E-state index in [-0.39, 0.29) is 5.82 Å². The highest BCUT2D eigenvalue weighted by Crippen LogP contribution is 2.22. The van der Waals surface area contributed by atoms with Crippen molar-refractivity contribution >= 4 is 26.8 Å². The van der Waals surface area contributed by atoms with Crippen LogP contribution in [0.3, 0.4) is 0 Å². The Balaban J connectivity index is 2.90. The van der Waals surface area contributed by atoms with Crippen LogP contribution in [0.15, 0.2) is 28.9 Å². The Hall–Kier alpha value is -0.830. The molecule has 0 atom stereocenters. The van der Waals surface area contributed by atoms with E-state index in [9.17, 15) is 4.39 Å². The van der Waals surface area contributed by atoms with E-state index in [0.717, 1.165) is 9.99 Å². The molecule has 0 aliphatic heterocycles. The highest BCUT2D eigenvalue weighted by Gasteiger charge is 2.04. The minimum atomic E-state index is -0.172. The van der Waals surface area contributed by atoms with Crippen molar-refractivity contribution in [1.82, 2.24) is 4.57 Å². The van der Waals surface area contributed by atoms with E-state index in [1.54, 1.807) is 10.6 Å². The molecule has 0 fully saturated rings. The lowest BCUT2D eigenvalue weighted by atomic mass is 10.2. The van der Waals surface area contributed by atoms with Crippen LogP contribution in [0.2, 0.25) is 0 Å². The molecule has 62 valence electrons. The fourth-order valence-corrected chi connectivity index (χ4v) is 1.68. The van der Waals surface area contributed by atoms with Crippen molar-refractivity contribution in [2.45, 2.75) is 0 Å². The molecule has 0 unspecified atom stereocenters. The van der Waals surface area contributed by atoms with Crippen LogP contribution in [-0.4, -0.2) is 4.57 Å². The molecule has 1 aromatic heterocycles. The van der Waals surface area contributed by atoms with Crippen LogP contribution < -0.4 is 0 Å². The summed E-state index contributed by atoms with van der Waals surface area (Å²) in [7, 11) is 1.83. The van der Waals surface area contributed by atoms with E-state index in [4.69, 9.17) is 0 Å². The number of nitrogens with zero attached hydrogens (tertiary/aromatic N) is 1. The van der Waals surface area contributed by atoms with E-state index in [2.05, 4.69) is 15.9 Å². The molecule has 0 aliphatic rings. The SMILES string of the molecule is Cn1cc(F)c2cc(Br)ccc21. The maximum absolute atomic E-state index is 13.1. The lowest BCUT2D eigenvalue weighted by Gasteiger charge is -1.94. The summed E-state index contributed by atoms with van der Waals surface area (Å²) in [5.41, 5.74) is 0.913. The van der Waals surface area contributed by atoms with Crippen LogP contribution in [-0.2, 0) is 7.05 Å². The van der Waals surface area contributed by atoms with E-state index in [0.29, 0.717) is 5.39 Å². The highest BCUT2D eigenvalue weighted by atomic mass is 79.9. The van der Waals surface area contributed by atoms with Gasteiger partial charge in [0, 0.05) is 23.1 Å². The van der Waals surface area contributed by atoms with Gasteiger partial charge < -0.3 is 4.57 Å². The first-order valence-electron chi connectivity index (χ1n) is 3.58. The van der Waals surface area contributed by atoms with Crippen molar-refractivity contribution in [2.75, 3.05) is 0 Å². The van der Waals surface area contributed by atoms with Gasteiger partial charge in [-0.2, -0.15) is 0 Å². The van der Waals surface area contributed by atoms with Crippen molar-refractivity contribution < 1.29 is 4.39 Å². The van der Waals surface area contributed by atoms with Crippen molar-refractivity contribution in [2.24, 2.45) is 7.05 Å². The number of hydrogen-bond donors (Lipinski definition) is 0. The van der Waals surface area contributed by atoms with Gasteiger partial charge in [0.1, 0.15) is 5.82 Å². The second-order valence-corrected chi connectivity index (χ2v) is 3.67. The van der Waals surface area contributed by atoms with Crippen molar-refractivity contribution in [3.63, 3.8) is 0 Å². The molecule has 0 aliphatic carbocycles. The molecule has 1 aromatic carbocycles. The van der Waals surface area contributed by atoms with Gasteiger partial charge in [0.05, 0.1) is 5.52 Å². The lowest BCUT2D eigenvalue weighted by Crippen LogP contribution is -1.82. The van der Waals surface area contributed by atoms with Gasteiger partial charge in [-0.25, -0.2) is 4.39 Å². The zero-order chi connectivity index (χ0) is 8.72. The summed E-state index contributed by atoms with van der Waals surface area (Å²) in [5, 5.41) is 0.659. The van der Waals surface area contributed by atoms with Crippen LogP contribution in [0.25, 0.3) is 10.9 Å². The topological polar surface area (TPSA) is 4.93 Å². The van der Waals surface area contributed by atoms with E-state index in [1.807, 2.05) is 19.2 Å². The molecule has 0 saturated carbocycles. The molecule has 2 rings (SSSR count). The average Bonchev–Trinajstić information content (AvgIpc) is 2.28. The monoisotopic (exact) mass is 227 g/mol. The molecule has 1 heterocycles. The summed E-state index contributed by atoms with van der Waals surface area (Å²) in [6.07, 6.45) is 1.48. The lowest BCUT2D eigenvalue weighted by molar-refractivity contribution is 0.633. The summed E-state index contributed by atoms with van der Waals surface area (Å²) in [4.78, 5) is 0. The van der Waals surface area contributed by atoms with Gasteiger partial charge in [0.2, 0.25) is 0 Å². The average molecular weight is 228 g/mol. The van der Waals surface area contributed by atoms with Gasteiger partial charge in [-0.3, -0.25) is 0 Å². The molecule has 0 saturated heterocycles. The molecule has 0 amide bonds. The Labute approximate surface area is 77.9 Å². The zero-order valence-electron chi connectivity index (χ0n) is 6.51. The molecule has 1 nitrogen and oxygen atoms in total. The third kappa shape index (κ3) is 1.05. The van der Waals surface area contributed by atoms with Crippen molar-refractivity contribution in [3.05, 3.63) is 34.7 Å². The molecule has 0 spiro atoms. The molecular weight excluding hydrogens is 221 g/mol. The first-order valence-corrected chi connectivity index (χ1v) is 4.38. The van der Waals surface area contributed by atoms with Crippen molar-refractivity contribution in [3.8, 4) is 0 Å². The van der Waals surface area contributed by atoms with E-state index < -0.39 is 0 Å². The normalized spacial score (nSPS) is 10.9. The van der Waals surface area contributed by atoms with Gasteiger partial charge in [-0.1, -0.05) is 15.9 Å². The summed E-state index contributed by atoms with van der Waals surface area (Å²) in [6.45, 7) is 0. The number of halogens is 2. The Morgan fingerprint density at radius 3 is 2.92 bits per heavy atom. The van der Waals surface area contributed by atoms with Gasteiger partial charge in [0.15, 0.2) is 0 Å². The van der Waals surface area contributed by atoms with Crippen LogP contribution in [0.4, 0.5) is 4.39 Å². The quantitative estimate of drug-likeness (QED) is 0.652. The second kappa shape index (κ2) is 2.59. The Morgan fingerprint density at radius 2 is 2.17 bits per heavy atom. The maximum atomic E-state index is 13.1. The summed E-state index contributed by atoms with van der Waals surface area (Å²) < 4.78 is 15.8. The molecule has 0 radical (unpaired) electrons. The molecular formula is C9H7BrFN. The minimum Gasteiger partial charge on any atom is -0.348 e. The van der Waals surface area contributed by atoms with Gasteiger partial charge in [-0.15, -0.1) is 0 Å².